The molecule has 0 amide bonds. The summed E-state index contributed by atoms with van der Waals surface area (Å²) < 4.78 is 25.8. The summed E-state index contributed by atoms with van der Waals surface area (Å²) in [5.41, 5.74) is 0.853. The summed E-state index contributed by atoms with van der Waals surface area (Å²) in [4.78, 5) is 0.174. The van der Waals surface area contributed by atoms with Crippen LogP contribution < -0.4 is 5.46 Å². The molecule has 0 atom stereocenters. The Morgan fingerprint density at radius 2 is 1.78 bits per heavy atom. The smallest absolute Gasteiger partial charge is 0.423 e. The summed E-state index contributed by atoms with van der Waals surface area (Å²) in [5, 5.41) is 18.2. The van der Waals surface area contributed by atoms with Gasteiger partial charge in [-0.1, -0.05) is 25.5 Å². The molecule has 0 aromatic heterocycles. The molecule has 0 spiro atoms. The third-order valence-electron chi connectivity index (χ3n) is 2.86. The van der Waals surface area contributed by atoms with Gasteiger partial charge >= 0.3 is 7.12 Å². The van der Waals surface area contributed by atoms with Crippen molar-refractivity contribution in [3.05, 3.63) is 23.8 Å². The molecular weight excluding hydrogens is 253 g/mol. The Morgan fingerprint density at radius 1 is 1.22 bits per heavy atom. The molecule has 0 unspecified atom stereocenters. The molecule has 18 heavy (non-hydrogen) atoms. The summed E-state index contributed by atoms with van der Waals surface area (Å²) >= 11 is 0. The second kappa shape index (κ2) is 5.84. The van der Waals surface area contributed by atoms with Gasteiger partial charge in [0, 0.05) is 13.1 Å². The summed E-state index contributed by atoms with van der Waals surface area (Å²) in [7, 11) is -5.08. The largest absolute Gasteiger partial charge is 0.488 e. The molecule has 1 aromatic rings. The predicted octanol–water partition coefficient (Wildman–Crippen LogP) is -0.295. The zero-order valence-electron chi connectivity index (χ0n) is 10.8. The van der Waals surface area contributed by atoms with Crippen molar-refractivity contribution >= 4 is 22.6 Å². The first-order chi connectivity index (χ1) is 8.34. The van der Waals surface area contributed by atoms with Crippen LogP contribution in [-0.2, 0) is 10.0 Å². The highest BCUT2D eigenvalue weighted by Crippen LogP contribution is 2.15. The Kier molecular flexibility index (Phi) is 4.92. The average Bonchev–Trinajstić information content (AvgIpc) is 2.29. The molecule has 0 aliphatic rings. The second-order valence-corrected chi connectivity index (χ2v) is 5.92. The van der Waals surface area contributed by atoms with E-state index in [4.69, 9.17) is 10.0 Å². The molecule has 0 radical (unpaired) electrons. The van der Waals surface area contributed by atoms with E-state index >= 15 is 0 Å². The maximum Gasteiger partial charge on any atom is 0.488 e. The van der Waals surface area contributed by atoms with Gasteiger partial charge in [0.25, 0.3) is 0 Å². The van der Waals surface area contributed by atoms with E-state index < -0.39 is 17.1 Å². The molecule has 0 bridgehead atoms. The van der Waals surface area contributed by atoms with Crippen molar-refractivity contribution in [2.24, 2.45) is 0 Å². The van der Waals surface area contributed by atoms with Crippen LogP contribution in [0.5, 0.6) is 0 Å². The highest BCUT2D eigenvalue weighted by Gasteiger charge is 2.23. The van der Waals surface area contributed by atoms with Gasteiger partial charge in [0.2, 0.25) is 10.0 Å². The Hall–Kier alpha value is -0.885. The maximum absolute atomic E-state index is 12.2. The third-order valence-corrected chi connectivity index (χ3v) is 4.91. The molecule has 0 aliphatic carbocycles. The Labute approximate surface area is 108 Å². The quantitative estimate of drug-likeness (QED) is 0.721. The minimum Gasteiger partial charge on any atom is -0.423 e. The predicted molar refractivity (Wildman–Crippen MR) is 71.1 cm³/mol. The minimum atomic E-state index is -3.50. The van der Waals surface area contributed by atoms with Crippen LogP contribution in [0.1, 0.15) is 19.4 Å². The number of benzene rings is 1. The van der Waals surface area contributed by atoms with Crippen molar-refractivity contribution in [3.63, 3.8) is 0 Å². The fourth-order valence-corrected chi connectivity index (χ4v) is 3.35. The van der Waals surface area contributed by atoms with E-state index in [2.05, 4.69) is 0 Å². The van der Waals surface area contributed by atoms with Crippen molar-refractivity contribution in [2.45, 2.75) is 25.7 Å². The van der Waals surface area contributed by atoms with E-state index in [0.717, 1.165) is 0 Å². The van der Waals surface area contributed by atoms with Gasteiger partial charge in [0.05, 0.1) is 4.90 Å². The second-order valence-electron chi connectivity index (χ2n) is 3.98. The van der Waals surface area contributed by atoms with Crippen molar-refractivity contribution in [1.82, 2.24) is 4.31 Å². The summed E-state index contributed by atoms with van der Waals surface area (Å²) in [6.45, 7) is 6.01. The molecule has 100 valence electrons. The molecule has 1 aromatic carbocycles. The van der Waals surface area contributed by atoms with Gasteiger partial charge in [-0.2, -0.15) is 4.31 Å². The third kappa shape index (κ3) is 2.92. The van der Waals surface area contributed by atoms with Gasteiger partial charge in [-0.15, -0.1) is 0 Å². The number of sulfonamides is 1. The topological polar surface area (TPSA) is 77.8 Å². The fourth-order valence-electron chi connectivity index (χ4n) is 1.81. The standard InChI is InChI=1S/C11H18BNO4S/c1-4-13(5-2)18(16,17)10-6-7-11(12(14)15)9(3)8-10/h6-8,14-15H,4-5H2,1-3H3. The van der Waals surface area contributed by atoms with Crippen molar-refractivity contribution in [2.75, 3.05) is 13.1 Å². The highest BCUT2D eigenvalue weighted by molar-refractivity contribution is 7.89. The number of rotatable bonds is 5. The first-order valence-electron chi connectivity index (χ1n) is 5.81. The zero-order chi connectivity index (χ0) is 13.9. The average molecular weight is 271 g/mol. The summed E-state index contributed by atoms with van der Waals surface area (Å²) in [6, 6.07) is 4.29. The Bertz CT molecular complexity index is 512. The van der Waals surface area contributed by atoms with Gasteiger partial charge in [-0.25, -0.2) is 8.42 Å². The normalized spacial score (nSPS) is 11.9. The van der Waals surface area contributed by atoms with Crippen LogP contribution >= 0.6 is 0 Å². The molecule has 0 saturated carbocycles. The number of hydrogen-bond acceptors (Lipinski definition) is 4. The molecule has 0 fully saturated rings. The van der Waals surface area contributed by atoms with Gasteiger partial charge in [0.1, 0.15) is 0 Å². The first kappa shape index (κ1) is 15.2. The molecule has 0 saturated heterocycles. The van der Waals surface area contributed by atoms with E-state index in [1.165, 1.54) is 22.5 Å². The molecule has 1 rings (SSSR count). The van der Waals surface area contributed by atoms with Gasteiger partial charge in [-0.3, -0.25) is 0 Å². The van der Waals surface area contributed by atoms with Gasteiger partial charge in [-0.05, 0) is 24.5 Å². The lowest BCUT2D eigenvalue weighted by Gasteiger charge is -2.19. The van der Waals surface area contributed by atoms with E-state index in [1.807, 2.05) is 0 Å². The number of nitrogens with zero attached hydrogens (tertiary/aromatic N) is 1. The Balaban J connectivity index is 3.23. The van der Waals surface area contributed by atoms with Crippen LogP contribution in [0, 0.1) is 6.92 Å². The molecule has 0 aliphatic heterocycles. The molecule has 5 nitrogen and oxygen atoms in total. The van der Waals surface area contributed by atoms with E-state index in [-0.39, 0.29) is 4.90 Å². The van der Waals surface area contributed by atoms with Crippen LogP contribution in [0.4, 0.5) is 0 Å². The van der Waals surface area contributed by atoms with Crippen LogP contribution in [0.2, 0.25) is 0 Å². The SMILES string of the molecule is CCN(CC)S(=O)(=O)c1ccc(B(O)O)c(C)c1. The van der Waals surface area contributed by atoms with Crippen LogP contribution in [-0.4, -0.2) is 43.0 Å². The van der Waals surface area contributed by atoms with Crippen LogP contribution in [0.15, 0.2) is 23.1 Å². The fraction of sp³-hybridized carbons (Fsp3) is 0.455. The molecular formula is C11H18BNO4S. The lowest BCUT2D eigenvalue weighted by atomic mass is 9.77. The van der Waals surface area contributed by atoms with Crippen molar-refractivity contribution in [1.29, 1.82) is 0 Å². The monoisotopic (exact) mass is 271 g/mol. The maximum atomic E-state index is 12.2. The van der Waals surface area contributed by atoms with Crippen molar-refractivity contribution in [3.8, 4) is 0 Å². The van der Waals surface area contributed by atoms with E-state index in [0.29, 0.717) is 24.1 Å². The first-order valence-corrected chi connectivity index (χ1v) is 7.25. The van der Waals surface area contributed by atoms with E-state index in [9.17, 15) is 8.42 Å². The van der Waals surface area contributed by atoms with Crippen molar-refractivity contribution < 1.29 is 18.5 Å². The summed E-state index contributed by atoms with van der Waals surface area (Å²) in [5.74, 6) is 0. The van der Waals surface area contributed by atoms with Crippen LogP contribution in [0.25, 0.3) is 0 Å². The van der Waals surface area contributed by atoms with E-state index in [1.54, 1.807) is 20.8 Å². The molecule has 2 N–H and O–H groups in total. The number of hydrogen-bond donors (Lipinski definition) is 2. The lowest BCUT2D eigenvalue weighted by Crippen LogP contribution is -2.34. The minimum absolute atomic E-state index is 0.174. The van der Waals surface area contributed by atoms with Gasteiger partial charge in [0.15, 0.2) is 0 Å². The summed E-state index contributed by atoms with van der Waals surface area (Å²) in [6.07, 6.45) is 0. The Morgan fingerprint density at radius 3 is 2.17 bits per heavy atom. The number of aryl methyl sites for hydroxylation is 1. The zero-order valence-corrected chi connectivity index (χ0v) is 11.6. The van der Waals surface area contributed by atoms with Gasteiger partial charge < -0.3 is 10.0 Å². The molecule has 7 heteroatoms. The highest BCUT2D eigenvalue weighted by atomic mass is 32.2. The molecule has 0 heterocycles. The van der Waals surface area contributed by atoms with Crippen LogP contribution in [0.3, 0.4) is 0 Å². The lowest BCUT2D eigenvalue weighted by molar-refractivity contribution is 0.425.